The highest BCUT2D eigenvalue weighted by Gasteiger charge is 2.20. The Morgan fingerprint density at radius 2 is 1.95 bits per heavy atom. The van der Waals surface area contributed by atoms with Crippen LogP contribution in [0, 0.1) is 0 Å². The van der Waals surface area contributed by atoms with Crippen molar-refractivity contribution in [3.05, 3.63) is 35.4 Å². The topological polar surface area (TPSA) is 41.1 Å². The number of rotatable bonds is 4. The minimum Gasteiger partial charge on any atom is -0.353 e. The van der Waals surface area contributed by atoms with Crippen LogP contribution in [-0.2, 0) is 17.8 Å². The van der Waals surface area contributed by atoms with Crippen molar-refractivity contribution in [3.63, 3.8) is 0 Å². The molecule has 3 rings (SSSR count). The van der Waals surface area contributed by atoms with Gasteiger partial charge in [-0.1, -0.05) is 37.1 Å². The lowest BCUT2D eigenvalue weighted by Crippen LogP contribution is -2.38. The van der Waals surface area contributed by atoms with E-state index >= 15 is 0 Å². The van der Waals surface area contributed by atoms with Crippen molar-refractivity contribution in [2.75, 3.05) is 0 Å². The Labute approximate surface area is 121 Å². The van der Waals surface area contributed by atoms with E-state index in [4.69, 9.17) is 0 Å². The molecule has 2 aliphatic rings. The van der Waals surface area contributed by atoms with Crippen LogP contribution in [0.3, 0.4) is 0 Å². The smallest absolute Gasteiger partial charge is 0.220 e. The molecule has 3 nitrogen and oxygen atoms in total. The van der Waals surface area contributed by atoms with E-state index < -0.39 is 0 Å². The van der Waals surface area contributed by atoms with Crippen LogP contribution in [0.2, 0.25) is 0 Å². The first-order valence-electron chi connectivity index (χ1n) is 7.91. The molecule has 0 bridgehead atoms. The molecule has 1 aliphatic heterocycles. The lowest BCUT2D eigenvalue weighted by Gasteiger charge is -2.26. The highest BCUT2D eigenvalue weighted by atomic mass is 16.1. The Balaban J connectivity index is 1.44. The first-order chi connectivity index (χ1) is 9.81. The fourth-order valence-corrected chi connectivity index (χ4v) is 3.40. The Morgan fingerprint density at radius 1 is 1.20 bits per heavy atom. The lowest BCUT2D eigenvalue weighted by atomic mass is 9.93. The number of hydrogen-bond donors (Lipinski definition) is 2. The average Bonchev–Trinajstić information content (AvgIpc) is 2.98. The van der Waals surface area contributed by atoms with E-state index in [-0.39, 0.29) is 5.91 Å². The molecule has 1 amide bonds. The molecule has 1 saturated carbocycles. The first kappa shape index (κ1) is 13.6. The number of amides is 1. The molecule has 1 heterocycles. The summed E-state index contributed by atoms with van der Waals surface area (Å²) in [5, 5.41) is 6.72. The molecule has 1 aliphatic carbocycles. The summed E-state index contributed by atoms with van der Waals surface area (Å²) in [6.07, 6.45) is 7.51. The molecular weight excluding hydrogens is 248 g/mol. The minimum atomic E-state index is 0.234. The van der Waals surface area contributed by atoms with Crippen molar-refractivity contribution in [1.82, 2.24) is 10.6 Å². The van der Waals surface area contributed by atoms with E-state index in [1.807, 2.05) is 0 Å². The van der Waals surface area contributed by atoms with Crippen molar-refractivity contribution in [2.45, 2.75) is 63.6 Å². The zero-order chi connectivity index (χ0) is 13.8. The summed E-state index contributed by atoms with van der Waals surface area (Å²) in [5.41, 5.74) is 2.84. The molecule has 20 heavy (non-hydrogen) atoms. The third-order valence-corrected chi connectivity index (χ3v) is 4.61. The van der Waals surface area contributed by atoms with Gasteiger partial charge in [0.15, 0.2) is 0 Å². The normalized spacial score (nSPS) is 22.5. The Hall–Kier alpha value is -1.35. The minimum absolute atomic E-state index is 0.234. The van der Waals surface area contributed by atoms with E-state index in [1.165, 1.54) is 36.8 Å². The third kappa shape index (κ3) is 3.40. The van der Waals surface area contributed by atoms with Crippen LogP contribution in [0.5, 0.6) is 0 Å². The van der Waals surface area contributed by atoms with Gasteiger partial charge in [-0.25, -0.2) is 0 Å². The van der Waals surface area contributed by atoms with Gasteiger partial charge in [0.25, 0.3) is 0 Å². The number of benzene rings is 1. The molecule has 1 fully saturated rings. The second kappa shape index (κ2) is 6.40. The maximum absolute atomic E-state index is 11.9. The van der Waals surface area contributed by atoms with Crippen LogP contribution >= 0.6 is 0 Å². The molecule has 0 spiro atoms. The fourth-order valence-electron chi connectivity index (χ4n) is 3.40. The standard InChI is InChI=1S/C17H24N2O/c20-17(19-15-7-3-4-8-15)10-9-16-11-13-5-1-2-6-14(13)12-18-16/h1-2,5-6,15-16,18H,3-4,7-12H2,(H,19,20). The van der Waals surface area contributed by atoms with Gasteiger partial charge in [-0.15, -0.1) is 0 Å². The molecule has 108 valence electrons. The number of carbonyl (C=O) groups excluding carboxylic acids is 1. The van der Waals surface area contributed by atoms with Crippen LogP contribution in [0.4, 0.5) is 0 Å². The monoisotopic (exact) mass is 272 g/mol. The van der Waals surface area contributed by atoms with Crippen molar-refractivity contribution in [1.29, 1.82) is 0 Å². The van der Waals surface area contributed by atoms with Gasteiger partial charge in [0.05, 0.1) is 0 Å². The quantitative estimate of drug-likeness (QED) is 0.884. The second-order valence-corrected chi connectivity index (χ2v) is 6.14. The van der Waals surface area contributed by atoms with Crippen LogP contribution in [-0.4, -0.2) is 18.0 Å². The summed E-state index contributed by atoms with van der Waals surface area (Å²) in [6, 6.07) is 9.48. The first-order valence-corrected chi connectivity index (χ1v) is 7.91. The number of hydrogen-bond acceptors (Lipinski definition) is 2. The Bertz CT molecular complexity index is 466. The molecule has 0 saturated heterocycles. The van der Waals surface area contributed by atoms with Crippen LogP contribution < -0.4 is 10.6 Å². The molecule has 1 unspecified atom stereocenters. The maximum Gasteiger partial charge on any atom is 0.220 e. The third-order valence-electron chi connectivity index (χ3n) is 4.61. The predicted octanol–water partition coefficient (Wildman–Crippen LogP) is 2.54. The van der Waals surface area contributed by atoms with Crippen LogP contribution in [0.15, 0.2) is 24.3 Å². The van der Waals surface area contributed by atoms with Gasteiger partial charge in [0, 0.05) is 25.0 Å². The molecule has 0 aromatic heterocycles. The molecule has 0 radical (unpaired) electrons. The largest absolute Gasteiger partial charge is 0.353 e. The van der Waals surface area contributed by atoms with E-state index in [1.54, 1.807) is 0 Å². The van der Waals surface area contributed by atoms with Crippen LogP contribution in [0.25, 0.3) is 0 Å². The summed E-state index contributed by atoms with van der Waals surface area (Å²) in [4.78, 5) is 11.9. The summed E-state index contributed by atoms with van der Waals surface area (Å²) in [5.74, 6) is 0.234. The van der Waals surface area contributed by atoms with Crippen molar-refractivity contribution >= 4 is 5.91 Å². The number of nitrogens with one attached hydrogen (secondary N) is 2. The Morgan fingerprint density at radius 3 is 2.75 bits per heavy atom. The van der Waals surface area contributed by atoms with Gasteiger partial charge in [0.1, 0.15) is 0 Å². The molecule has 2 N–H and O–H groups in total. The zero-order valence-corrected chi connectivity index (χ0v) is 12.0. The lowest BCUT2D eigenvalue weighted by molar-refractivity contribution is -0.122. The second-order valence-electron chi connectivity index (χ2n) is 6.14. The van der Waals surface area contributed by atoms with Gasteiger partial charge in [-0.3, -0.25) is 4.79 Å². The van der Waals surface area contributed by atoms with Crippen molar-refractivity contribution in [2.24, 2.45) is 0 Å². The molecule has 1 atom stereocenters. The van der Waals surface area contributed by atoms with Crippen molar-refractivity contribution < 1.29 is 4.79 Å². The van der Waals surface area contributed by atoms with E-state index in [2.05, 4.69) is 34.9 Å². The van der Waals surface area contributed by atoms with Gasteiger partial charge >= 0.3 is 0 Å². The van der Waals surface area contributed by atoms with E-state index in [0.29, 0.717) is 18.5 Å². The Kier molecular flexibility index (Phi) is 4.36. The summed E-state index contributed by atoms with van der Waals surface area (Å²) in [6.45, 7) is 0.936. The number of carbonyl (C=O) groups is 1. The molecule has 1 aromatic carbocycles. The average molecular weight is 272 g/mol. The highest BCUT2D eigenvalue weighted by Crippen LogP contribution is 2.20. The highest BCUT2D eigenvalue weighted by molar-refractivity contribution is 5.76. The van der Waals surface area contributed by atoms with Gasteiger partial charge in [0.2, 0.25) is 5.91 Å². The SMILES string of the molecule is O=C(CCC1Cc2ccccc2CN1)NC1CCCC1. The van der Waals surface area contributed by atoms with Crippen LogP contribution in [0.1, 0.15) is 49.7 Å². The zero-order valence-electron chi connectivity index (χ0n) is 12.0. The van der Waals surface area contributed by atoms with E-state index in [0.717, 1.165) is 19.4 Å². The molecular formula is C17H24N2O. The van der Waals surface area contributed by atoms with Gasteiger partial charge in [-0.05, 0) is 36.8 Å². The fraction of sp³-hybridized carbons (Fsp3) is 0.588. The van der Waals surface area contributed by atoms with Crippen molar-refractivity contribution in [3.8, 4) is 0 Å². The van der Waals surface area contributed by atoms with E-state index in [9.17, 15) is 4.79 Å². The van der Waals surface area contributed by atoms with Gasteiger partial charge < -0.3 is 10.6 Å². The summed E-state index contributed by atoms with van der Waals surface area (Å²) >= 11 is 0. The molecule has 1 aromatic rings. The number of fused-ring (bicyclic) bond motifs is 1. The summed E-state index contributed by atoms with van der Waals surface area (Å²) < 4.78 is 0. The van der Waals surface area contributed by atoms with Gasteiger partial charge in [-0.2, -0.15) is 0 Å². The maximum atomic E-state index is 11.9. The summed E-state index contributed by atoms with van der Waals surface area (Å²) in [7, 11) is 0. The molecule has 3 heteroatoms. The predicted molar refractivity (Wildman–Crippen MR) is 80.4 cm³/mol.